The van der Waals surface area contributed by atoms with Crippen LogP contribution in [0.5, 0.6) is 0 Å². The molecule has 1 amide bonds. The van der Waals surface area contributed by atoms with Gasteiger partial charge in [0, 0.05) is 16.1 Å². The third-order valence-corrected chi connectivity index (χ3v) is 8.64. The van der Waals surface area contributed by atoms with Crippen LogP contribution in [0.2, 0.25) is 10.0 Å². The normalized spacial score (nSPS) is 11.3. The molecule has 36 heavy (non-hydrogen) atoms. The van der Waals surface area contributed by atoms with E-state index in [2.05, 4.69) is 10.3 Å². The van der Waals surface area contributed by atoms with Gasteiger partial charge in [-0.3, -0.25) is 9.59 Å². The quantitative estimate of drug-likeness (QED) is 0.255. The summed E-state index contributed by atoms with van der Waals surface area (Å²) in [6.07, 6.45) is 0.0100. The molecule has 1 N–H and O–H groups in total. The van der Waals surface area contributed by atoms with Gasteiger partial charge in [-0.15, -0.1) is 0 Å². The molecule has 0 saturated heterocycles. The minimum atomic E-state index is -3.32. The number of carbonyl (C=O) groups is 2. The molecule has 0 aliphatic rings. The predicted molar refractivity (Wildman–Crippen MR) is 144 cm³/mol. The van der Waals surface area contributed by atoms with Gasteiger partial charge in [-0.2, -0.15) is 0 Å². The Balaban J connectivity index is 1.60. The molecule has 0 radical (unpaired) electrons. The maximum atomic E-state index is 13.4. The van der Waals surface area contributed by atoms with Gasteiger partial charge in [0.25, 0.3) is 0 Å². The number of amides is 1. The third-order valence-electron chi connectivity index (χ3n) is 5.34. The number of thiazole rings is 1. The zero-order valence-electron chi connectivity index (χ0n) is 19.0. The first-order valence-corrected chi connectivity index (χ1v) is 14.1. The fraction of sp³-hybridized carbons (Fsp3) is 0.115. The number of benzene rings is 3. The van der Waals surface area contributed by atoms with Gasteiger partial charge < -0.3 is 5.32 Å². The molecule has 0 aliphatic heterocycles. The van der Waals surface area contributed by atoms with E-state index in [4.69, 9.17) is 23.2 Å². The van der Waals surface area contributed by atoms with Gasteiger partial charge in [-0.1, -0.05) is 77.9 Å². The number of anilines is 1. The lowest BCUT2D eigenvalue weighted by molar-refractivity contribution is -0.115. The van der Waals surface area contributed by atoms with Crippen LogP contribution in [0.25, 0.3) is 11.3 Å². The van der Waals surface area contributed by atoms with Gasteiger partial charge in [0.2, 0.25) is 11.7 Å². The lowest BCUT2D eigenvalue weighted by Crippen LogP contribution is -2.14. The van der Waals surface area contributed by atoms with Crippen LogP contribution in [-0.4, -0.2) is 30.8 Å². The molecule has 1 heterocycles. The maximum absolute atomic E-state index is 13.4. The Hall–Kier alpha value is -3.04. The molecule has 3 aromatic carbocycles. The summed E-state index contributed by atoms with van der Waals surface area (Å²) in [4.78, 5) is 31.2. The van der Waals surface area contributed by atoms with E-state index in [0.29, 0.717) is 37.3 Å². The van der Waals surface area contributed by atoms with Crippen LogP contribution in [0.3, 0.4) is 0 Å². The Labute approximate surface area is 222 Å². The summed E-state index contributed by atoms with van der Waals surface area (Å²) in [5.74, 6) is -0.659. The number of rotatable bonds is 8. The van der Waals surface area contributed by atoms with Gasteiger partial charge in [-0.05, 0) is 42.0 Å². The van der Waals surface area contributed by atoms with E-state index in [9.17, 15) is 18.0 Å². The second kappa shape index (κ2) is 10.9. The number of carbonyl (C=O) groups excluding carboxylic acids is 2. The average molecular weight is 559 g/mol. The summed E-state index contributed by atoms with van der Waals surface area (Å²) in [5, 5.41) is 3.86. The van der Waals surface area contributed by atoms with E-state index >= 15 is 0 Å². The van der Waals surface area contributed by atoms with Crippen molar-refractivity contribution in [2.45, 2.75) is 18.2 Å². The Morgan fingerprint density at radius 2 is 1.61 bits per heavy atom. The number of hydrogen-bond acceptors (Lipinski definition) is 6. The molecule has 0 fully saturated rings. The van der Waals surface area contributed by atoms with Crippen LogP contribution < -0.4 is 5.32 Å². The molecule has 0 spiro atoms. The first kappa shape index (κ1) is 26.0. The molecule has 0 atom stereocenters. The van der Waals surface area contributed by atoms with Crippen molar-refractivity contribution < 1.29 is 18.0 Å². The fourth-order valence-electron chi connectivity index (χ4n) is 3.43. The second-order valence-corrected chi connectivity index (χ2v) is 11.9. The predicted octanol–water partition coefficient (Wildman–Crippen LogP) is 6.32. The summed E-state index contributed by atoms with van der Waals surface area (Å²) >= 11 is 13.3. The summed E-state index contributed by atoms with van der Waals surface area (Å²) < 4.78 is 24.0. The van der Waals surface area contributed by atoms with Gasteiger partial charge >= 0.3 is 0 Å². The van der Waals surface area contributed by atoms with E-state index in [1.807, 2.05) is 0 Å². The highest BCUT2D eigenvalue weighted by Crippen LogP contribution is 2.35. The number of nitrogens with zero attached hydrogens (tertiary/aromatic N) is 1. The Morgan fingerprint density at radius 1 is 0.944 bits per heavy atom. The lowest BCUT2D eigenvalue weighted by atomic mass is 10.1. The van der Waals surface area contributed by atoms with E-state index in [-0.39, 0.29) is 33.9 Å². The highest BCUT2D eigenvalue weighted by molar-refractivity contribution is 7.91. The molecule has 4 aromatic rings. The van der Waals surface area contributed by atoms with Gasteiger partial charge in [0.1, 0.15) is 4.88 Å². The molecule has 0 unspecified atom stereocenters. The highest BCUT2D eigenvalue weighted by Gasteiger charge is 2.23. The van der Waals surface area contributed by atoms with Crippen molar-refractivity contribution in [1.82, 2.24) is 4.98 Å². The molecule has 0 saturated carbocycles. The number of hydrogen-bond donors (Lipinski definition) is 1. The van der Waals surface area contributed by atoms with Gasteiger partial charge in [-0.25, -0.2) is 13.4 Å². The van der Waals surface area contributed by atoms with E-state index in [1.165, 1.54) is 12.1 Å². The third kappa shape index (κ3) is 5.84. The molecule has 10 heteroatoms. The van der Waals surface area contributed by atoms with E-state index in [0.717, 1.165) is 11.3 Å². The minimum absolute atomic E-state index is 0.00206. The van der Waals surface area contributed by atoms with Crippen LogP contribution >= 0.6 is 34.5 Å². The lowest BCUT2D eigenvalue weighted by Gasteiger charge is -2.04. The molecular formula is C26H20Cl2N2O4S2. The van der Waals surface area contributed by atoms with Crippen LogP contribution in [0.4, 0.5) is 5.13 Å². The number of sulfone groups is 1. The molecule has 1 aromatic heterocycles. The first-order valence-electron chi connectivity index (χ1n) is 10.9. The van der Waals surface area contributed by atoms with E-state index < -0.39 is 9.84 Å². The number of halogens is 2. The smallest absolute Gasteiger partial charge is 0.230 e. The summed E-state index contributed by atoms with van der Waals surface area (Å²) in [6, 6.07) is 19.8. The van der Waals surface area contributed by atoms with E-state index in [1.54, 1.807) is 67.6 Å². The summed E-state index contributed by atoms with van der Waals surface area (Å²) in [5.41, 5.74) is 2.05. The largest absolute Gasteiger partial charge is 0.302 e. The molecule has 184 valence electrons. The average Bonchev–Trinajstić information content (AvgIpc) is 3.28. The molecule has 4 rings (SSSR count). The van der Waals surface area contributed by atoms with Crippen LogP contribution in [0.15, 0.2) is 77.7 Å². The van der Waals surface area contributed by atoms with Crippen molar-refractivity contribution in [1.29, 1.82) is 0 Å². The molecular weight excluding hydrogens is 539 g/mol. The minimum Gasteiger partial charge on any atom is -0.302 e. The number of ketones is 1. The van der Waals surface area contributed by atoms with Crippen LogP contribution in [-0.2, 0) is 21.1 Å². The summed E-state index contributed by atoms with van der Waals surface area (Å²) in [6.45, 7) is 1.58. The highest BCUT2D eigenvalue weighted by atomic mass is 35.5. The maximum Gasteiger partial charge on any atom is 0.230 e. The Morgan fingerprint density at radius 3 is 2.25 bits per heavy atom. The van der Waals surface area contributed by atoms with Crippen molar-refractivity contribution in [2.24, 2.45) is 0 Å². The molecule has 6 nitrogen and oxygen atoms in total. The fourth-order valence-corrected chi connectivity index (χ4v) is 5.62. The molecule has 0 bridgehead atoms. The topological polar surface area (TPSA) is 93.2 Å². The molecule has 0 aliphatic carbocycles. The standard InChI is InChI=1S/C26H20Cl2N2O4S2/c1-2-36(33,34)19-13-7-16(8-14-19)15-22(31)29-26-30-23(17-9-11-18(27)12-10-17)25(35-26)24(32)20-5-3-4-6-21(20)28/h3-14H,2,15H2,1H3,(H,29,30,31). The Kier molecular flexibility index (Phi) is 7.90. The monoisotopic (exact) mass is 558 g/mol. The van der Waals surface area contributed by atoms with Crippen molar-refractivity contribution in [3.05, 3.63) is 98.8 Å². The second-order valence-electron chi connectivity index (χ2n) is 7.78. The van der Waals surface area contributed by atoms with Crippen molar-refractivity contribution in [3.63, 3.8) is 0 Å². The number of aromatic nitrogens is 1. The number of nitrogens with one attached hydrogen (secondary N) is 1. The van der Waals surface area contributed by atoms with Crippen molar-refractivity contribution in [3.8, 4) is 11.3 Å². The zero-order chi connectivity index (χ0) is 25.9. The first-order chi connectivity index (χ1) is 17.2. The van der Waals surface area contributed by atoms with Gasteiger partial charge in [0.15, 0.2) is 15.0 Å². The SMILES string of the molecule is CCS(=O)(=O)c1ccc(CC(=O)Nc2nc(-c3ccc(Cl)cc3)c(C(=O)c3ccccc3Cl)s2)cc1. The van der Waals surface area contributed by atoms with Gasteiger partial charge in [0.05, 0.1) is 27.8 Å². The Bertz CT molecular complexity index is 1530. The van der Waals surface area contributed by atoms with Crippen LogP contribution in [0.1, 0.15) is 27.7 Å². The van der Waals surface area contributed by atoms with Crippen molar-refractivity contribution in [2.75, 3.05) is 11.1 Å². The van der Waals surface area contributed by atoms with Crippen molar-refractivity contribution >= 4 is 61.2 Å². The van der Waals surface area contributed by atoms with Crippen LogP contribution in [0, 0.1) is 0 Å². The summed E-state index contributed by atoms with van der Waals surface area (Å²) in [7, 11) is -3.32. The zero-order valence-corrected chi connectivity index (χ0v) is 22.1.